The number of nitrogens with zero attached hydrogens (tertiary/aromatic N) is 3. The maximum atomic E-state index is 7.38. The smallest absolute Gasteiger partial charge is 0.0918 e. The zero-order chi connectivity index (χ0) is 13.9. The van der Waals surface area contributed by atoms with Gasteiger partial charge in [-0.15, -0.1) is 0 Å². The number of hydrogen-bond acceptors (Lipinski definition) is 3. The van der Waals surface area contributed by atoms with Gasteiger partial charge in [0, 0.05) is 31.7 Å². The van der Waals surface area contributed by atoms with Crippen molar-refractivity contribution >= 4 is 5.84 Å². The van der Waals surface area contributed by atoms with Gasteiger partial charge in [0.05, 0.1) is 17.6 Å². The molecule has 3 N–H and O–H groups in total. The van der Waals surface area contributed by atoms with E-state index in [1.54, 1.807) is 0 Å². The molecule has 0 aromatic carbocycles. The van der Waals surface area contributed by atoms with Crippen LogP contribution in [0.3, 0.4) is 0 Å². The molecule has 0 aliphatic heterocycles. The lowest BCUT2D eigenvalue weighted by molar-refractivity contribution is 0.257. The molecule has 2 fully saturated rings. The van der Waals surface area contributed by atoms with Crippen LogP contribution in [0.5, 0.6) is 0 Å². The van der Waals surface area contributed by atoms with Crippen molar-refractivity contribution in [3.05, 3.63) is 18.0 Å². The number of hydrogen-bond donors (Lipinski definition) is 2. The molecule has 0 atom stereocenters. The number of rotatable bonds is 7. The fraction of sp³-hybridized carbons (Fsp3) is 0.733. The predicted molar refractivity (Wildman–Crippen MR) is 79.7 cm³/mol. The standard InChI is InChI=1S/C15H25N5/c16-15(17)8-9-19(13-5-6-13)11-12-7-10-20(18-12)14-3-1-2-4-14/h7,10,13-14H,1-6,8-9,11H2,(H3,16,17). The molecule has 1 aromatic heterocycles. The summed E-state index contributed by atoms with van der Waals surface area (Å²) in [5.41, 5.74) is 6.64. The highest BCUT2D eigenvalue weighted by Gasteiger charge is 2.29. The zero-order valence-electron chi connectivity index (χ0n) is 12.1. The molecule has 110 valence electrons. The highest BCUT2D eigenvalue weighted by atomic mass is 15.3. The summed E-state index contributed by atoms with van der Waals surface area (Å²) in [6.45, 7) is 1.79. The first kappa shape index (κ1) is 13.6. The lowest BCUT2D eigenvalue weighted by Gasteiger charge is -2.20. The van der Waals surface area contributed by atoms with Crippen molar-refractivity contribution in [3.8, 4) is 0 Å². The number of aromatic nitrogens is 2. The minimum Gasteiger partial charge on any atom is -0.388 e. The molecule has 5 heteroatoms. The van der Waals surface area contributed by atoms with Gasteiger partial charge >= 0.3 is 0 Å². The molecule has 0 saturated heterocycles. The van der Waals surface area contributed by atoms with Gasteiger partial charge in [0.2, 0.25) is 0 Å². The number of nitrogens with two attached hydrogens (primary N) is 1. The molecule has 0 bridgehead atoms. The van der Waals surface area contributed by atoms with Crippen molar-refractivity contribution in [2.24, 2.45) is 5.73 Å². The summed E-state index contributed by atoms with van der Waals surface area (Å²) in [6, 6.07) is 3.46. The van der Waals surface area contributed by atoms with E-state index in [0.717, 1.165) is 18.8 Å². The van der Waals surface area contributed by atoms with Crippen LogP contribution in [0.25, 0.3) is 0 Å². The van der Waals surface area contributed by atoms with Gasteiger partial charge in [-0.2, -0.15) is 5.10 Å². The Hall–Kier alpha value is -1.36. The van der Waals surface area contributed by atoms with E-state index in [9.17, 15) is 0 Å². The maximum Gasteiger partial charge on any atom is 0.0918 e. The Balaban J connectivity index is 1.58. The topological polar surface area (TPSA) is 70.9 Å². The lowest BCUT2D eigenvalue weighted by atomic mass is 10.3. The first-order valence-electron chi connectivity index (χ1n) is 7.83. The molecular weight excluding hydrogens is 250 g/mol. The van der Waals surface area contributed by atoms with Crippen LogP contribution in [-0.2, 0) is 6.54 Å². The van der Waals surface area contributed by atoms with E-state index in [-0.39, 0.29) is 5.84 Å². The third-order valence-electron chi connectivity index (χ3n) is 4.46. The second-order valence-corrected chi connectivity index (χ2v) is 6.20. The molecule has 1 heterocycles. The number of nitrogens with one attached hydrogen (secondary N) is 1. The summed E-state index contributed by atoms with van der Waals surface area (Å²) in [7, 11) is 0. The van der Waals surface area contributed by atoms with Gasteiger partial charge in [-0.25, -0.2) is 0 Å². The van der Waals surface area contributed by atoms with E-state index >= 15 is 0 Å². The van der Waals surface area contributed by atoms with E-state index in [0.29, 0.717) is 18.5 Å². The Bertz CT molecular complexity index is 457. The van der Waals surface area contributed by atoms with Gasteiger partial charge in [-0.1, -0.05) is 12.8 Å². The Labute approximate surface area is 120 Å². The molecule has 5 nitrogen and oxygen atoms in total. The SMILES string of the molecule is N=C(N)CCN(Cc1ccn(C2CCCC2)n1)C1CC1. The molecule has 20 heavy (non-hydrogen) atoms. The minimum absolute atomic E-state index is 0.284. The fourth-order valence-corrected chi connectivity index (χ4v) is 3.14. The van der Waals surface area contributed by atoms with Crippen LogP contribution in [0, 0.1) is 5.41 Å². The average molecular weight is 275 g/mol. The minimum atomic E-state index is 0.284. The highest BCUT2D eigenvalue weighted by molar-refractivity contribution is 5.76. The third-order valence-corrected chi connectivity index (χ3v) is 4.46. The van der Waals surface area contributed by atoms with Crippen molar-refractivity contribution in [2.75, 3.05) is 6.54 Å². The van der Waals surface area contributed by atoms with Crippen LogP contribution in [0.2, 0.25) is 0 Å². The zero-order valence-corrected chi connectivity index (χ0v) is 12.1. The summed E-state index contributed by atoms with van der Waals surface area (Å²) >= 11 is 0. The molecule has 0 unspecified atom stereocenters. The quantitative estimate of drug-likeness (QED) is 0.592. The molecular formula is C15H25N5. The molecule has 0 amide bonds. The van der Waals surface area contributed by atoms with Crippen LogP contribution < -0.4 is 5.73 Å². The van der Waals surface area contributed by atoms with Gasteiger partial charge in [-0.3, -0.25) is 15.0 Å². The van der Waals surface area contributed by atoms with Gasteiger partial charge in [0.25, 0.3) is 0 Å². The Morgan fingerprint density at radius 1 is 1.35 bits per heavy atom. The van der Waals surface area contributed by atoms with Gasteiger partial charge < -0.3 is 5.73 Å². The van der Waals surface area contributed by atoms with E-state index in [4.69, 9.17) is 16.2 Å². The normalized spacial score (nSPS) is 19.9. The Morgan fingerprint density at radius 2 is 2.10 bits per heavy atom. The Kier molecular flexibility index (Phi) is 4.05. The highest BCUT2D eigenvalue weighted by Crippen LogP contribution is 2.30. The Morgan fingerprint density at radius 3 is 2.75 bits per heavy atom. The molecule has 2 saturated carbocycles. The summed E-state index contributed by atoms with van der Waals surface area (Å²) < 4.78 is 2.17. The maximum absolute atomic E-state index is 7.38. The van der Waals surface area contributed by atoms with Gasteiger partial charge in [-0.05, 0) is 31.7 Å². The van der Waals surface area contributed by atoms with Gasteiger partial charge in [0.15, 0.2) is 0 Å². The largest absolute Gasteiger partial charge is 0.388 e. The van der Waals surface area contributed by atoms with Crippen LogP contribution in [0.4, 0.5) is 0 Å². The summed E-state index contributed by atoms with van der Waals surface area (Å²) in [5, 5.41) is 12.1. The lowest BCUT2D eigenvalue weighted by Crippen LogP contribution is -2.29. The molecule has 2 aliphatic rings. The van der Waals surface area contributed by atoms with Crippen molar-refractivity contribution in [3.63, 3.8) is 0 Å². The summed E-state index contributed by atoms with van der Waals surface area (Å²) in [4.78, 5) is 2.43. The van der Waals surface area contributed by atoms with Crippen molar-refractivity contribution in [1.29, 1.82) is 5.41 Å². The molecule has 0 radical (unpaired) electrons. The van der Waals surface area contributed by atoms with Crippen LogP contribution >= 0.6 is 0 Å². The summed E-state index contributed by atoms with van der Waals surface area (Å²) in [5.74, 6) is 0.284. The van der Waals surface area contributed by atoms with Gasteiger partial charge in [0.1, 0.15) is 0 Å². The van der Waals surface area contributed by atoms with Crippen molar-refractivity contribution in [1.82, 2.24) is 14.7 Å². The van der Waals surface area contributed by atoms with Crippen molar-refractivity contribution < 1.29 is 0 Å². The van der Waals surface area contributed by atoms with E-state index in [1.165, 1.54) is 38.5 Å². The van der Waals surface area contributed by atoms with Crippen LogP contribution in [0.1, 0.15) is 56.7 Å². The molecule has 2 aliphatic carbocycles. The summed E-state index contributed by atoms with van der Waals surface area (Å²) in [6.07, 6.45) is 10.6. The van der Waals surface area contributed by atoms with Crippen LogP contribution in [0.15, 0.2) is 12.3 Å². The fourth-order valence-electron chi connectivity index (χ4n) is 3.14. The van der Waals surface area contributed by atoms with Crippen molar-refractivity contribution in [2.45, 2.75) is 63.6 Å². The number of amidine groups is 1. The average Bonchev–Trinajstić information content (AvgIpc) is 2.93. The van der Waals surface area contributed by atoms with E-state index in [2.05, 4.69) is 21.8 Å². The first-order valence-corrected chi connectivity index (χ1v) is 7.83. The third kappa shape index (κ3) is 3.39. The second-order valence-electron chi connectivity index (χ2n) is 6.20. The second kappa shape index (κ2) is 5.95. The molecule has 3 rings (SSSR count). The first-order chi connectivity index (χ1) is 9.72. The van der Waals surface area contributed by atoms with E-state index < -0.39 is 0 Å². The predicted octanol–water partition coefficient (Wildman–Crippen LogP) is 2.29. The monoisotopic (exact) mass is 275 g/mol. The molecule has 0 spiro atoms. The van der Waals surface area contributed by atoms with Crippen LogP contribution in [-0.4, -0.2) is 33.1 Å². The van der Waals surface area contributed by atoms with E-state index in [1.807, 2.05) is 0 Å². The molecule has 1 aromatic rings.